The van der Waals surface area contributed by atoms with Crippen molar-refractivity contribution in [2.45, 2.75) is 25.4 Å². The maximum absolute atomic E-state index is 6.00. The van der Waals surface area contributed by atoms with E-state index in [1.807, 2.05) is 11.7 Å². The number of aromatic nitrogens is 2. The molecular weight excluding hydrogens is 176 g/mol. The third kappa shape index (κ3) is 1.44. The van der Waals surface area contributed by atoms with Gasteiger partial charge in [-0.3, -0.25) is 9.58 Å². The van der Waals surface area contributed by atoms with Crippen molar-refractivity contribution < 1.29 is 0 Å². The maximum atomic E-state index is 6.00. The van der Waals surface area contributed by atoms with Crippen LogP contribution < -0.4 is 5.73 Å². The molecule has 4 heteroatoms. The molecule has 78 valence electrons. The Balaban J connectivity index is 2.40. The van der Waals surface area contributed by atoms with E-state index in [2.05, 4.69) is 30.2 Å². The molecule has 0 aliphatic carbocycles. The molecule has 4 nitrogen and oxygen atoms in total. The van der Waals surface area contributed by atoms with Crippen LogP contribution in [0, 0.1) is 0 Å². The standard InChI is InChI=1S/C10H18N4/c1-7(11)10-8-6-14(3)12-9(8)4-5-13(10)2/h6-7,10H,4-5,11H2,1-3H3. The van der Waals surface area contributed by atoms with Crippen molar-refractivity contribution in [1.29, 1.82) is 0 Å². The van der Waals surface area contributed by atoms with Gasteiger partial charge in [-0.2, -0.15) is 5.10 Å². The van der Waals surface area contributed by atoms with E-state index in [4.69, 9.17) is 5.73 Å². The number of nitrogens with two attached hydrogens (primary N) is 1. The van der Waals surface area contributed by atoms with Gasteiger partial charge in [-0.25, -0.2) is 0 Å². The summed E-state index contributed by atoms with van der Waals surface area (Å²) in [5.41, 5.74) is 8.52. The minimum absolute atomic E-state index is 0.156. The molecule has 0 bridgehead atoms. The van der Waals surface area contributed by atoms with Crippen LogP contribution in [-0.2, 0) is 13.5 Å². The van der Waals surface area contributed by atoms with Gasteiger partial charge < -0.3 is 5.73 Å². The molecule has 2 atom stereocenters. The molecule has 0 saturated heterocycles. The van der Waals surface area contributed by atoms with Gasteiger partial charge in [-0.05, 0) is 14.0 Å². The van der Waals surface area contributed by atoms with Crippen LogP contribution in [0.4, 0.5) is 0 Å². The first-order chi connectivity index (χ1) is 6.59. The van der Waals surface area contributed by atoms with Crippen molar-refractivity contribution in [3.63, 3.8) is 0 Å². The molecule has 1 aliphatic heterocycles. The third-order valence-corrected chi connectivity index (χ3v) is 2.93. The van der Waals surface area contributed by atoms with E-state index in [0.29, 0.717) is 6.04 Å². The van der Waals surface area contributed by atoms with Gasteiger partial charge in [0.1, 0.15) is 0 Å². The van der Waals surface area contributed by atoms with Gasteiger partial charge in [0, 0.05) is 37.8 Å². The second-order valence-corrected chi connectivity index (χ2v) is 4.24. The Labute approximate surface area is 84.7 Å². The molecule has 1 aliphatic rings. The Morgan fingerprint density at radius 2 is 2.29 bits per heavy atom. The van der Waals surface area contributed by atoms with Crippen LogP contribution >= 0.6 is 0 Å². The molecule has 0 fully saturated rings. The number of rotatable bonds is 1. The zero-order chi connectivity index (χ0) is 10.3. The molecular formula is C10H18N4. The third-order valence-electron chi connectivity index (χ3n) is 2.93. The number of nitrogens with zero attached hydrogens (tertiary/aromatic N) is 3. The van der Waals surface area contributed by atoms with Gasteiger partial charge in [0.25, 0.3) is 0 Å². The van der Waals surface area contributed by atoms with Crippen LogP contribution in [0.3, 0.4) is 0 Å². The molecule has 0 saturated carbocycles. The molecule has 0 radical (unpaired) electrons. The highest BCUT2D eigenvalue weighted by atomic mass is 15.3. The van der Waals surface area contributed by atoms with Crippen molar-refractivity contribution in [2.24, 2.45) is 12.8 Å². The van der Waals surface area contributed by atoms with Crippen molar-refractivity contribution >= 4 is 0 Å². The predicted molar refractivity (Wildman–Crippen MR) is 55.9 cm³/mol. The van der Waals surface area contributed by atoms with E-state index < -0.39 is 0 Å². The topological polar surface area (TPSA) is 47.1 Å². The first-order valence-corrected chi connectivity index (χ1v) is 5.08. The minimum atomic E-state index is 0.156. The number of hydrogen-bond acceptors (Lipinski definition) is 3. The maximum Gasteiger partial charge on any atom is 0.0685 e. The Bertz CT molecular complexity index is 329. The molecule has 1 aromatic heterocycles. The number of aryl methyl sites for hydroxylation is 1. The summed E-state index contributed by atoms with van der Waals surface area (Å²) >= 11 is 0. The molecule has 1 aromatic rings. The predicted octanol–water partition coefficient (Wildman–Crippen LogP) is 0.296. The fraction of sp³-hybridized carbons (Fsp3) is 0.700. The molecule has 0 aromatic carbocycles. The molecule has 2 N–H and O–H groups in total. The van der Waals surface area contributed by atoms with Crippen LogP contribution in [0.2, 0.25) is 0 Å². The van der Waals surface area contributed by atoms with Gasteiger partial charge in [0.2, 0.25) is 0 Å². The van der Waals surface area contributed by atoms with Crippen LogP contribution in [-0.4, -0.2) is 34.3 Å². The second kappa shape index (κ2) is 3.37. The monoisotopic (exact) mass is 194 g/mol. The average molecular weight is 194 g/mol. The van der Waals surface area contributed by atoms with Crippen molar-refractivity contribution in [1.82, 2.24) is 14.7 Å². The SMILES string of the molecule is CC(N)C1c2cn(C)nc2CCN1C. The number of hydrogen-bond donors (Lipinski definition) is 1. The molecule has 2 unspecified atom stereocenters. The van der Waals surface area contributed by atoms with E-state index in [9.17, 15) is 0 Å². The molecule has 2 heterocycles. The van der Waals surface area contributed by atoms with E-state index in [1.165, 1.54) is 11.3 Å². The van der Waals surface area contributed by atoms with Crippen LogP contribution in [0.5, 0.6) is 0 Å². The fourth-order valence-corrected chi connectivity index (χ4v) is 2.34. The van der Waals surface area contributed by atoms with Crippen molar-refractivity contribution in [3.05, 3.63) is 17.5 Å². The second-order valence-electron chi connectivity index (χ2n) is 4.24. The summed E-state index contributed by atoms with van der Waals surface area (Å²) in [5.74, 6) is 0. The summed E-state index contributed by atoms with van der Waals surface area (Å²) in [6.07, 6.45) is 3.13. The van der Waals surface area contributed by atoms with Crippen molar-refractivity contribution in [2.75, 3.05) is 13.6 Å². The summed E-state index contributed by atoms with van der Waals surface area (Å²) in [4.78, 5) is 2.31. The Hall–Kier alpha value is -0.870. The Morgan fingerprint density at radius 1 is 1.57 bits per heavy atom. The smallest absolute Gasteiger partial charge is 0.0685 e. The normalized spacial score (nSPS) is 24.7. The molecule has 2 rings (SSSR count). The first-order valence-electron chi connectivity index (χ1n) is 5.08. The van der Waals surface area contributed by atoms with E-state index >= 15 is 0 Å². The zero-order valence-electron chi connectivity index (χ0n) is 9.07. The first kappa shape index (κ1) is 9.68. The van der Waals surface area contributed by atoms with Gasteiger partial charge >= 0.3 is 0 Å². The summed E-state index contributed by atoms with van der Waals surface area (Å²) in [5, 5.41) is 4.45. The fourth-order valence-electron chi connectivity index (χ4n) is 2.34. The van der Waals surface area contributed by atoms with E-state index in [1.54, 1.807) is 0 Å². The largest absolute Gasteiger partial charge is 0.326 e. The lowest BCUT2D eigenvalue weighted by Crippen LogP contribution is -2.41. The lowest BCUT2D eigenvalue weighted by atomic mass is 9.95. The highest BCUT2D eigenvalue weighted by molar-refractivity contribution is 5.25. The Morgan fingerprint density at radius 3 is 2.93 bits per heavy atom. The number of fused-ring (bicyclic) bond motifs is 1. The zero-order valence-corrected chi connectivity index (χ0v) is 9.07. The van der Waals surface area contributed by atoms with Crippen LogP contribution in [0.25, 0.3) is 0 Å². The summed E-state index contributed by atoms with van der Waals surface area (Å²) in [6.45, 7) is 3.11. The van der Waals surface area contributed by atoms with E-state index in [0.717, 1.165) is 13.0 Å². The van der Waals surface area contributed by atoms with Crippen LogP contribution in [0.15, 0.2) is 6.20 Å². The highest BCUT2D eigenvalue weighted by Gasteiger charge is 2.29. The minimum Gasteiger partial charge on any atom is -0.326 e. The number of likely N-dealkylation sites (N-methyl/N-ethyl adjacent to an activating group) is 1. The lowest BCUT2D eigenvalue weighted by Gasteiger charge is -2.34. The summed E-state index contributed by atoms with van der Waals surface area (Å²) in [7, 11) is 4.10. The van der Waals surface area contributed by atoms with Gasteiger partial charge in [0.15, 0.2) is 0 Å². The summed E-state index contributed by atoms with van der Waals surface area (Å²) < 4.78 is 1.89. The highest BCUT2D eigenvalue weighted by Crippen LogP contribution is 2.29. The average Bonchev–Trinajstić information content (AvgIpc) is 2.43. The molecule has 0 amide bonds. The molecule has 14 heavy (non-hydrogen) atoms. The van der Waals surface area contributed by atoms with Gasteiger partial charge in [-0.1, -0.05) is 0 Å². The van der Waals surface area contributed by atoms with Crippen molar-refractivity contribution in [3.8, 4) is 0 Å². The molecule has 0 spiro atoms. The van der Waals surface area contributed by atoms with E-state index in [-0.39, 0.29) is 6.04 Å². The van der Waals surface area contributed by atoms with Gasteiger partial charge in [-0.15, -0.1) is 0 Å². The summed E-state index contributed by atoms with van der Waals surface area (Å²) in [6, 6.07) is 0.482. The lowest BCUT2D eigenvalue weighted by molar-refractivity contribution is 0.205. The quantitative estimate of drug-likeness (QED) is 0.699. The van der Waals surface area contributed by atoms with Gasteiger partial charge in [0.05, 0.1) is 11.7 Å². The Kier molecular flexibility index (Phi) is 2.33. The van der Waals surface area contributed by atoms with Crippen LogP contribution in [0.1, 0.15) is 24.2 Å².